The van der Waals surface area contributed by atoms with Crippen LogP contribution < -0.4 is 0 Å². The van der Waals surface area contributed by atoms with Gasteiger partial charge in [0.25, 0.3) is 0 Å². The first-order chi connectivity index (χ1) is 11.5. The van der Waals surface area contributed by atoms with Gasteiger partial charge in [-0.1, -0.05) is 62.4 Å². The molecule has 122 valence electrons. The molecule has 2 aliphatic carbocycles. The Balaban J connectivity index is 1.51. The van der Waals surface area contributed by atoms with Crippen LogP contribution in [0.3, 0.4) is 0 Å². The van der Waals surface area contributed by atoms with Crippen LogP contribution in [0.1, 0.15) is 72.9 Å². The highest BCUT2D eigenvalue weighted by Crippen LogP contribution is 2.37. The van der Waals surface area contributed by atoms with Gasteiger partial charge in [0.05, 0.1) is 0 Å². The van der Waals surface area contributed by atoms with Gasteiger partial charge in [-0.3, -0.25) is 0 Å². The maximum absolute atomic E-state index is 2.43. The largest absolute Gasteiger partial charge is 0.0737 e. The fourth-order valence-electron chi connectivity index (χ4n) is 4.40. The number of hydrogen-bond donors (Lipinski definition) is 0. The van der Waals surface area contributed by atoms with E-state index in [1.165, 1.54) is 44.5 Å². The summed E-state index contributed by atoms with van der Waals surface area (Å²) >= 11 is 0. The van der Waals surface area contributed by atoms with Crippen molar-refractivity contribution in [3.8, 4) is 0 Å². The topological polar surface area (TPSA) is 0 Å². The van der Waals surface area contributed by atoms with E-state index in [9.17, 15) is 0 Å². The second-order valence-electron chi connectivity index (χ2n) is 7.62. The van der Waals surface area contributed by atoms with Crippen LogP contribution >= 0.6 is 0 Å². The Hall–Kier alpha value is -2.08. The molecule has 0 spiro atoms. The van der Waals surface area contributed by atoms with Crippen molar-refractivity contribution < 1.29 is 0 Å². The van der Waals surface area contributed by atoms with Gasteiger partial charge in [-0.25, -0.2) is 0 Å². The van der Waals surface area contributed by atoms with Crippen molar-refractivity contribution in [2.24, 2.45) is 0 Å². The van der Waals surface area contributed by atoms with Crippen molar-refractivity contribution in [3.05, 3.63) is 81.9 Å². The molecule has 2 atom stereocenters. The molecule has 2 aliphatic rings. The zero-order chi connectivity index (χ0) is 16.8. The zero-order valence-corrected chi connectivity index (χ0v) is 15.2. The van der Waals surface area contributed by atoms with E-state index < -0.39 is 0 Å². The molecular weight excluding hydrogens is 288 g/mol. The Morgan fingerprint density at radius 3 is 1.50 bits per heavy atom. The van der Waals surface area contributed by atoms with Crippen molar-refractivity contribution in [2.75, 3.05) is 0 Å². The summed E-state index contributed by atoms with van der Waals surface area (Å²) in [5, 5.41) is 0. The molecule has 2 unspecified atom stereocenters. The molecule has 0 heteroatoms. The third kappa shape index (κ3) is 2.55. The number of allylic oxidation sites excluding steroid dienone is 4. The molecule has 0 fully saturated rings. The van der Waals surface area contributed by atoms with Crippen LogP contribution in [-0.4, -0.2) is 0 Å². The molecule has 0 saturated heterocycles. The maximum atomic E-state index is 2.43. The molecule has 0 aliphatic heterocycles. The number of hydrogen-bond acceptors (Lipinski definition) is 0. The van der Waals surface area contributed by atoms with Gasteiger partial charge in [-0.15, -0.1) is 0 Å². The molecule has 0 amide bonds. The summed E-state index contributed by atoms with van der Waals surface area (Å²) in [4.78, 5) is 0. The minimum atomic E-state index is 0.565. The van der Waals surface area contributed by atoms with Crippen LogP contribution in [0, 0.1) is 0 Å². The standard InChI is InChI=1S/C24H26/c1-15-11-17(3)23-13-19(7-9-21(15)23)5-6-20-8-10-22-16(2)12-18(4)24(22)14-20/h7-14,17-18H,5-6H2,1-4H3. The maximum Gasteiger partial charge on any atom is 0.000162 e. The van der Waals surface area contributed by atoms with Crippen LogP contribution in [0.4, 0.5) is 0 Å². The molecular formula is C24H26. The van der Waals surface area contributed by atoms with Gasteiger partial charge in [0, 0.05) is 11.8 Å². The molecule has 0 saturated carbocycles. The van der Waals surface area contributed by atoms with E-state index in [0.29, 0.717) is 11.8 Å². The van der Waals surface area contributed by atoms with Crippen LogP contribution in [0.5, 0.6) is 0 Å². The lowest BCUT2D eigenvalue weighted by atomic mass is 9.94. The first-order valence-corrected chi connectivity index (χ1v) is 9.16. The summed E-state index contributed by atoms with van der Waals surface area (Å²) < 4.78 is 0. The van der Waals surface area contributed by atoms with Gasteiger partial charge >= 0.3 is 0 Å². The van der Waals surface area contributed by atoms with Crippen LogP contribution in [0.15, 0.2) is 48.6 Å². The first kappa shape index (κ1) is 15.4. The molecule has 0 nitrogen and oxygen atoms in total. The van der Waals surface area contributed by atoms with Crippen molar-refractivity contribution >= 4 is 11.1 Å². The normalized spacial score (nSPS) is 21.3. The van der Waals surface area contributed by atoms with E-state index in [4.69, 9.17) is 0 Å². The van der Waals surface area contributed by atoms with Crippen LogP contribution in [0.25, 0.3) is 11.1 Å². The fraction of sp³-hybridized carbons (Fsp3) is 0.333. The summed E-state index contributed by atoms with van der Waals surface area (Å²) in [7, 11) is 0. The Labute approximate surface area is 145 Å². The molecule has 2 aromatic carbocycles. The zero-order valence-electron chi connectivity index (χ0n) is 15.2. The van der Waals surface area contributed by atoms with Crippen LogP contribution in [0.2, 0.25) is 0 Å². The van der Waals surface area contributed by atoms with E-state index >= 15 is 0 Å². The summed E-state index contributed by atoms with van der Waals surface area (Å²) in [6, 6.07) is 14.1. The predicted octanol–water partition coefficient (Wildman–Crippen LogP) is 6.51. The number of aryl methyl sites for hydroxylation is 2. The molecule has 2 aromatic rings. The Kier molecular flexibility index (Phi) is 3.72. The molecule has 0 radical (unpaired) electrons. The second kappa shape index (κ2) is 5.77. The lowest BCUT2D eigenvalue weighted by Gasteiger charge is -2.11. The van der Waals surface area contributed by atoms with E-state index in [0.717, 1.165) is 12.8 Å². The highest BCUT2D eigenvalue weighted by molar-refractivity contribution is 5.74. The van der Waals surface area contributed by atoms with Crippen LogP contribution in [-0.2, 0) is 12.8 Å². The molecule has 0 heterocycles. The number of fused-ring (bicyclic) bond motifs is 2. The number of rotatable bonds is 3. The molecule has 0 aromatic heterocycles. The monoisotopic (exact) mass is 314 g/mol. The first-order valence-electron chi connectivity index (χ1n) is 9.16. The summed E-state index contributed by atoms with van der Waals surface area (Å²) in [6.07, 6.45) is 7.01. The average Bonchev–Trinajstić information content (AvgIpc) is 3.02. The second-order valence-corrected chi connectivity index (χ2v) is 7.62. The van der Waals surface area contributed by atoms with Crippen molar-refractivity contribution in [1.29, 1.82) is 0 Å². The fourth-order valence-corrected chi connectivity index (χ4v) is 4.40. The Bertz CT molecular complexity index is 790. The lowest BCUT2D eigenvalue weighted by molar-refractivity contribution is 0.926. The quantitative estimate of drug-likeness (QED) is 0.605. The van der Waals surface area contributed by atoms with Crippen molar-refractivity contribution in [2.45, 2.75) is 52.4 Å². The molecule has 0 N–H and O–H groups in total. The molecule has 24 heavy (non-hydrogen) atoms. The smallest absolute Gasteiger partial charge is 0.000162 e. The highest BCUT2D eigenvalue weighted by Gasteiger charge is 2.19. The van der Waals surface area contributed by atoms with E-state index in [2.05, 4.69) is 76.2 Å². The van der Waals surface area contributed by atoms with Gasteiger partial charge in [-0.2, -0.15) is 0 Å². The lowest BCUT2D eigenvalue weighted by Crippen LogP contribution is -1.97. The van der Waals surface area contributed by atoms with Gasteiger partial charge in [0.2, 0.25) is 0 Å². The average molecular weight is 314 g/mol. The molecule has 0 bridgehead atoms. The Morgan fingerprint density at radius 2 is 1.08 bits per heavy atom. The Morgan fingerprint density at radius 1 is 0.667 bits per heavy atom. The predicted molar refractivity (Wildman–Crippen MR) is 104 cm³/mol. The summed E-state index contributed by atoms with van der Waals surface area (Å²) in [5.74, 6) is 1.13. The van der Waals surface area contributed by atoms with Crippen molar-refractivity contribution in [3.63, 3.8) is 0 Å². The van der Waals surface area contributed by atoms with Crippen molar-refractivity contribution in [1.82, 2.24) is 0 Å². The molecule has 4 rings (SSSR count). The minimum Gasteiger partial charge on any atom is -0.0737 e. The highest BCUT2D eigenvalue weighted by atomic mass is 14.2. The third-order valence-corrected chi connectivity index (χ3v) is 5.77. The summed E-state index contributed by atoms with van der Waals surface area (Å²) in [6.45, 7) is 9.06. The third-order valence-electron chi connectivity index (χ3n) is 5.77. The summed E-state index contributed by atoms with van der Waals surface area (Å²) in [5.41, 5.74) is 11.7. The van der Waals surface area contributed by atoms with Gasteiger partial charge < -0.3 is 0 Å². The van der Waals surface area contributed by atoms with Gasteiger partial charge in [-0.05, 0) is 71.2 Å². The van der Waals surface area contributed by atoms with Gasteiger partial charge in [0.1, 0.15) is 0 Å². The number of benzene rings is 2. The SMILES string of the molecule is CC1=CC(C)c2cc(CCc3ccc4c(c3)C(C)C=C4C)ccc21. The van der Waals surface area contributed by atoms with E-state index in [-0.39, 0.29) is 0 Å². The minimum absolute atomic E-state index is 0.565. The van der Waals surface area contributed by atoms with Gasteiger partial charge in [0.15, 0.2) is 0 Å². The van der Waals surface area contributed by atoms with E-state index in [1.807, 2.05) is 0 Å². The van der Waals surface area contributed by atoms with E-state index in [1.54, 1.807) is 0 Å².